The van der Waals surface area contributed by atoms with E-state index in [1.807, 2.05) is 30.9 Å². The number of imide groups is 1. The zero-order valence-corrected chi connectivity index (χ0v) is 38.7. The third-order valence-electron chi connectivity index (χ3n) is 12.7. The molecule has 4 aromatic rings. The number of anilines is 3. The molecule has 4 aliphatic heterocycles. The molecular formula is C48H52Cl2FN9O7. The van der Waals surface area contributed by atoms with E-state index in [2.05, 4.69) is 31.5 Å². The molecule has 0 aliphatic carbocycles. The second-order valence-corrected chi connectivity index (χ2v) is 18.3. The van der Waals surface area contributed by atoms with Crippen LogP contribution >= 0.6 is 23.2 Å². The molecule has 8 rings (SSSR count). The van der Waals surface area contributed by atoms with Gasteiger partial charge in [-0.1, -0.05) is 61.4 Å². The Balaban J connectivity index is 0.712. The lowest BCUT2D eigenvalue weighted by atomic mass is 10.0. The number of ether oxygens (including phenoxy) is 1. The van der Waals surface area contributed by atoms with Crippen LogP contribution in [-0.2, 0) is 20.9 Å². The average Bonchev–Trinajstić information content (AvgIpc) is 3.88. The normalized spacial score (nSPS) is 19.9. The topological polar surface area (TPSA) is 195 Å². The minimum Gasteiger partial charge on any atom is -0.462 e. The van der Waals surface area contributed by atoms with Gasteiger partial charge in [-0.3, -0.25) is 34.1 Å². The Kier molecular flexibility index (Phi) is 14.6. The molecule has 1 unspecified atom stereocenters. The van der Waals surface area contributed by atoms with Gasteiger partial charge >= 0.3 is 0 Å². The fraction of sp³-hybridized carbons (Fsp3) is 0.417. The molecule has 0 bridgehead atoms. The van der Waals surface area contributed by atoms with Gasteiger partial charge in [-0.2, -0.15) is 0 Å². The highest BCUT2D eigenvalue weighted by Gasteiger charge is 2.40. The fourth-order valence-electron chi connectivity index (χ4n) is 9.31. The van der Waals surface area contributed by atoms with Gasteiger partial charge in [-0.05, 0) is 81.6 Å². The quantitative estimate of drug-likeness (QED) is 0.0488. The van der Waals surface area contributed by atoms with Gasteiger partial charge in [0.05, 0.1) is 15.6 Å². The summed E-state index contributed by atoms with van der Waals surface area (Å²) in [4.78, 5) is 82.5. The van der Waals surface area contributed by atoms with Crippen LogP contribution in [0, 0.1) is 5.82 Å². The van der Waals surface area contributed by atoms with Crippen LogP contribution in [0.3, 0.4) is 0 Å². The molecular weight excluding hydrogens is 904 g/mol. The first-order valence-electron chi connectivity index (χ1n) is 22.7. The predicted octanol–water partition coefficient (Wildman–Crippen LogP) is 7.73. The summed E-state index contributed by atoms with van der Waals surface area (Å²) in [6.45, 7) is 5.85. The van der Waals surface area contributed by atoms with Crippen LogP contribution in [0.5, 0.6) is 5.75 Å². The van der Waals surface area contributed by atoms with Crippen molar-refractivity contribution in [1.29, 1.82) is 0 Å². The summed E-state index contributed by atoms with van der Waals surface area (Å²) in [7, 11) is 0. The van der Waals surface area contributed by atoms with Crippen LogP contribution < -0.4 is 26.0 Å². The molecule has 0 saturated carbocycles. The van der Waals surface area contributed by atoms with Crippen molar-refractivity contribution in [3.05, 3.63) is 104 Å². The Morgan fingerprint density at radius 2 is 1.61 bits per heavy atom. The van der Waals surface area contributed by atoms with E-state index < -0.39 is 29.9 Å². The van der Waals surface area contributed by atoms with Gasteiger partial charge in [0.2, 0.25) is 23.9 Å². The zero-order chi connectivity index (χ0) is 47.4. The van der Waals surface area contributed by atoms with Gasteiger partial charge in [0.25, 0.3) is 17.7 Å². The highest BCUT2D eigenvalue weighted by molar-refractivity contribution is 6.36. The lowest BCUT2D eigenvalue weighted by Crippen LogP contribution is -2.59. The van der Waals surface area contributed by atoms with Crippen molar-refractivity contribution < 1.29 is 37.9 Å². The van der Waals surface area contributed by atoms with E-state index >= 15 is 0 Å². The van der Waals surface area contributed by atoms with Crippen LogP contribution in [0.4, 0.5) is 21.6 Å². The number of carbonyl (C=O) groups excluding carboxylic acids is 6. The number of amides is 6. The number of nitrogens with one attached hydrogen (secondary N) is 4. The van der Waals surface area contributed by atoms with E-state index in [4.69, 9.17) is 27.9 Å². The summed E-state index contributed by atoms with van der Waals surface area (Å²) in [6, 6.07) is 15.1. The highest BCUT2D eigenvalue weighted by atomic mass is 35.5. The monoisotopic (exact) mass is 955 g/mol. The fourth-order valence-corrected chi connectivity index (χ4v) is 9.88. The number of rotatable bonds is 16. The molecule has 4 atom stereocenters. The summed E-state index contributed by atoms with van der Waals surface area (Å²) in [5.41, 5.74) is 3.41. The van der Waals surface area contributed by atoms with Gasteiger partial charge in [0.1, 0.15) is 11.9 Å². The van der Waals surface area contributed by atoms with E-state index in [9.17, 15) is 33.2 Å². The number of hydrogen-bond donors (Lipinski definition) is 4. The van der Waals surface area contributed by atoms with Crippen LogP contribution in [-0.4, -0.2) is 98.1 Å². The Morgan fingerprint density at radius 1 is 0.896 bits per heavy atom. The molecule has 19 heteroatoms. The second kappa shape index (κ2) is 20.7. The Hall–Kier alpha value is -6.33. The minimum atomic E-state index is -0.941. The van der Waals surface area contributed by atoms with E-state index in [-0.39, 0.29) is 75.0 Å². The van der Waals surface area contributed by atoms with Crippen molar-refractivity contribution in [2.75, 3.05) is 35.6 Å². The minimum absolute atomic E-state index is 0.0387. The molecule has 0 spiro atoms. The number of piperazine rings is 1. The number of nitrogens with zero attached hydrogens (tertiary/aromatic N) is 5. The Bertz CT molecular complexity index is 2570. The summed E-state index contributed by atoms with van der Waals surface area (Å²) >= 11 is 12.4. The number of aromatic nitrogens is 2. The van der Waals surface area contributed by atoms with Crippen LogP contribution in [0.2, 0.25) is 10.0 Å². The van der Waals surface area contributed by atoms with E-state index in [1.54, 1.807) is 40.1 Å². The molecule has 1 aromatic heterocycles. The molecule has 3 aromatic carbocycles. The Morgan fingerprint density at radius 3 is 2.34 bits per heavy atom. The third kappa shape index (κ3) is 10.5. The number of carbonyl (C=O) groups is 6. The maximum Gasteiger partial charge on any atom is 0.276 e. The Labute approximate surface area is 397 Å². The summed E-state index contributed by atoms with van der Waals surface area (Å²) in [5, 5.41) is 19.5. The molecule has 4 N–H and O–H groups in total. The van der Waals surface area contributed by atoms with Crippen molar-refractivity contribution in [3.63, 3.8) is 0 Å². The number of piperidine rings is 1. The van der Waals surface area contributed by atoms with Crippen LogP contribution in [0.1, 0.15) is 127 Å². The van der Waals surface area contributed by atoms with Gasteiger partial charge in [0.15, 0.2) is 17.3 Å². The molecule has 352 valence electrons. The maximum absolute atomic E-state index is 14.1. The SMILES string of the molecule is C[C@@H]1CN(C(=O)c2ccc(NC(=O)c3cc4c(nn3)N[C@H](c3c(Cl)ccc(F)c3Cl)O4)cc2)C[C@H](C)N1C(=O)CCCCCCCCCNc1cccc2c1CN(C1CCC(=O)NC1=O)C2=O. The van der Waals surface area contributed by atoms with Crippen molar-refractivity contribution in [2.45, 2.75) is 109 Å². The maximum atomic E-state index is 14.1. The van der Waals surface area contributed by atoms with E-state index in [1.165, 1.54) is 12.1 Å². The molecule has 0 radical (unpaired) electrons. The molecule has 16 nitrogen and oxygen atoms in total. The third-order valence-corrected chi connectivity index (χ3v) is 13.4. The zero-order valence-electron chi connectivity index (χ0n) is 37.2. The number of halogens is 3. The summed E-state index contributed by atoms with van der Waals surface area (Å²) < 4.78 is 20.0. The van der Waals surface area contributed by atoms with E-state index in [0.717, 1.165) is 68.8 Å². The van der Waals surface area contributed by atoms with Gasteiger partial charge in [-0.15, -0.1) is 10.2 Å². The number of hydrogen-bond acceptors (Lipinski definition) is 11. The smallest absolute Gasteiger partial charge is 0.276 e. The average molecular weight is 957 g/mol. The van der Waals surface area contributed by atoms with Gasteiger partial charge < -0.3 is 35.4 Å². The van der Waals surface area contributed by atoms with Gasteiger partial charge in [-0.25, -0.2) is 4.39 Å². The van der Waals surface area contributed by atoms with E-state index in [0.29, 0.717) is 49.3 Å². The highest BCUT2D eigenvalue weighted by Crippen LogP contribution is 2.42. The van der Waals surface area contributed by atoms with Crippen LogP contribution in [0.25, 0.3) is 0 Å². The van der Waals surface area contributed by atoms with Crippen LogP contribution in [0.15, 0.2) is 60.7 Å². The summed E-state index contributed by atoms with van der Waals surface area (Å²) in [6.07, 6.45) is 7.08. The largest absolute Gasteiger partial charge is 0.462 e. The second-order valence-electron chi connectivity index (χ2n) is 17.5. The van der Waals surface area contributed by atoms with Crippen molar-refractivity contribution in [1.82, 2.24) is 30.2 Å². The molecule has 5 heterocycles. The molecule has 4 aliphatic rings. The molecule has 67 heavy (non-hydrogen) atoms. The molecule has 2 saturated heterocycles. The lowest BCUT2D eigenvalue weighted by Gasteiger charge is -2.44. The molecule has 2 fully saturated rings. The van der Waals surface area contributed by atoms with Crippen molar-refractivity contribution in [3.8, 4) is 5.75 Å². The number of unbranched alkanes of at least 4 members (excludes halogenated alkanes) is 6. The predicted molar refractivity (Wildman–Crippen MR) is 249 cm³/mol. The summed E-state index contributed by atoms with van der Waals surface area (Å²) in [5.74, 6) is -1.76. The number of fused-ring (bicyclic) bond motifs is 2. The van der Waals surface area contributed by atoms with Crippen molar-refractivity contribution >= 4 is 75.8 Å². The first-order valence-corrected chi connectivity index (χ1v) is 23.5. The first-order chi connectivity index (χ1) is 32.3. The standard InChI is InChI=1S/C48H52Cl2FN9O7/c1-27-24-58(47(65)29-14-16-30(17-15-29)53-44(63)36-23-38-43(57-56-36)55-46(67-38)41-33(49)18-19-34(51)42(41)50)25-28(2)60(27)40(62)13-8-6-4-3-5-7-9-22-52-35-12-10-11-31-32(35)26-59(48(31)66)37-20-21-39(61)54-45(37)64/h10-12,14-19,23,27-28,37,46,52H,3-9,13,20-22,24-26H2,1-2H3,(H,53,63)(H,55,57)(H,54,61,64)/t27-,28+,37?,46-/m0/s1. The molecule has 6 amide bonds. The lowest BCUT2D eigenvalue weighted by molar-refractivity contribution is -0.139. The number of benzene rings is 3. The van der Waals surface area contributed by atoms with Gasteiger partial charge in [0, 0.05) is 85.2 Å². The van der Waals surface area contributed by atoms with Crippen molar-refractivity contribution in [2.24, 2.45) is 0 Å². The first kappa shape index (κ1) is 47.2.